The second kappa shape index (κ2) is 5.10. The molecule has 2 unspecified atom stereocenters. The maximum Gasteiger partial charge on any atom is 0.137 e. The molecule has 0 amide bonds. The van der Waals surface area contributed by atoms with Crippen LogP contribution in [0.3, 0.4) is 0 Å². The van der Waals surface area contributed by atoms with Crippen LogP contribution in [0.25, 0.3) is 0 Å². The Bertz CT molecular complexity index is 443. The molecule has 1 aromatic carbocycles. The molecule has 1 heterocycles. The molecule has 2 rings (SSSR count). The monoisotopic (exact) mass is 317 g/mol. The third-order valence-corrected chi connectivity index (χ3v) is 3.85. The molecule has 0 saturated carbocycles. The standard InChI is InChI=1S/C12H13BrFNOS/c1-12(7-16-5-9(6-17)15-12)8-2-3-11(14)10(13)4-8/h2-4,6,9,15H,5,7H2,1H3. The van der Waals surface area contributed by atoms with Crippen molar-refractivity contribution in [2.45, 2.75) is 18.5 Å². The molecular formula is C12H13BrFNOS. The summed E-state index contributed by atoms with van der Waals surface area (Å²) in [5.41, 5.74) is 0.640. The van der Waals surface area contributed by atoms with E-state index in [9.17, 15) is 4.39 Å². The van der Waals surface area contributed by atoms with Crippen LogP contribution in [0.4, 0.5) is 4.39 Å². The maximum absolute atomic E-state index is 13.2. The third-order valence-electron chi connectivity index (χ3n) is 2.91. The van der Waals surface area contributed by atoms with Crippen LogP contribution in [0, 0.1) is 5.82 Å². The summed E-state index contributed by atoms with van der Waals surface area (Å²) in [6.45, 7) is 3.16. The summed E-state index contributed by atoms with van der Waals surface area (Å²) in [6, 6.07) is 5.04. The van der Waals surface area contributed by atoms with E-state index in [0.29, 0.717) is 17.7 Å². The molecule has 0 spiro atoms. The second-order valence-electron chi connectivity index (χ2n) is 4.36. The Morgan fingerprint density at radius 3 is 3.06 bits per heavy atom. The molecule has 92 valence electrons. The fraction of sp³-hybridized carbons (Fsp3) is 0.417. The number of thiocarbonyl (C=S) groups is 1. The number of morpholine rings is 1. The van der Waals surface area contributed by atoms with E-state index in [1.807, 2.05) is 6.92 Å². The van der Waals surface area contributed by atoms with Crippen molar-refractivity contribution in [1.29, 1.82) is 0 Å². The van der Waals surface area contributed by atoms with Crippen LogP contribution in [0.1, 0.15) is 12.5 Å². The van der Waals surface area contributed by atoms with Crippen LogP contribution in [0.15, 0.2) is 22.7 Å². The summed E-state index contributed by atoms with van der Waals surface area (Å²) in [5, 5.41) is 5.08. The van der Waals surface area contributed by atoms with Gasteiger partial charge in [0.25, 0.3) is 0 Å². The van der Waals surface area contributed by atoms with Gasteiger partial charge in [-0.15, -0.1) is 0 Å². The van der Waals surface area contributed by atoms with Gasteiger partial charge in [-0.1, -0.05) is 18.3 Å². The summed E-state index contributed by atoms with van der Waals surface area (Å²) in [7, 11) is 0. The van der Waals surface area contributed by atoms with Gasteiger partial charge in [0.05, 0.1) is 29.3 Å². The minimum absolute atomic E-state index is 0.0487. The molecule has 5 heteroatoms. The number of benzene rings is 1. The highest BCUT2D eigenvalue weighted by molar-refractivity contribution is 9.10. The van der Waals surface area contributed by atoms with Crippen LogP contribution in [0.5, 0.6) is 0 Å². The first-order chi connectivity index (χ1) is 8.05. The zero-order chi connectivity index (χ0) is 12.5. The third kappa shape index (κ3) is 2.73. The summed E-state index contributed by atoms with van der Waals surface area (Å²) in [4.78, 5) is 0. The molecule has 1 saturated heterocycles. The van der Waals surface area contributed by atoms with Crippen LogP contribution in [-0.2, 0) is 10.3 Å². The van der Waals surface area contributed by atoms with Gasteiger partial charge in [-0.2, -0.15) is 0 Å². The van der Waals surface area contributed by atoms with E-state index in [1.54, 1.807) is 17.5 Å². The zero-order valence-corrected chi connectivity index (χ0v) is 11.8. The molecule has 17 heavy (non-hydrogen) atoms. The van der Waals surface area contributed by atoms with Crippen molar-refractivity contribution in [1.82, 2.24) is 5.32 Å². The van der Waals surface area contributed by atoms with E-state index >= 15 is 0 Å². The molecule has 0 aliphatic carbocycles. The molecule has 2 atom stereocenters. The van der Waals surface area contributed by atoms with Crippen molar-refractivity contribution in [3.8, 4) is 0 Å². The number of rotatable bonds is 2. The lowest BCUT2D eigenvalue weighted by Gasteiger charge is -2.38. The van der Waals surface area contributed by atoms with Gasteiger partial charge in [0, 0.05) is 0 Å². The quantitative estimate of drug-likeness (QED) is 0.848. The van der Waals surface area contributed by atoms with E-state index in [4.69, 9.17) is 17.0 Å². The predicted octanol–water partition coefficient (Wildman–Crippen LogP) is 2.79. The lowest BCUT2D eigenvalue weighted by atomic mass is 9.91. The van der Waals surface area contributed by atoms with Crippen molar-refractivity contribution in [3.63, 3.8) is 0 Å². The Morgan fingerprint density at radius 2 is 2.41 bits per heavy atom. The summed E-state index contributed by atoms with van der Waals surface area (Å²) in [6.07, 6.45) is 0. The Kier molecular flexibility index (Phi) is 3.92. The van der Waals surface area contributed by atoms with E-state index in [-0.39, 0.29) is 17.4 Å². The first-order valence-electron chi connectivity index (χ1n) is 5.31. The van der Waals surface area contributed by atoms with Crippen molar-refractivity contribution in [2.75, 3.05) is 13.2 Å². The zero-order valence-electron chi connectivity index (χ0n) is 9.37. The minimum atomic E-state index is -0.339. The Hall–Kier alpha value is -0.360. The van der Waals surface area contributed by atoms with Crippen LogP contribution < -0.4 is 5.32 Å². The van der Waals surface area contributed by atoms with Gasteiger partial charge in [0.2, 0.25) is 0 Å². The molecule has 1 fully saturated rings. The van der Waals surface area contributed by atoms with E-state index < -0.39 is 0 Å². The normalized spacial score (nSPS) is 29.0. The van der Waals surface area contributed by atoms with Crippen molar-refractivity contribution in [2.24, 2.45) is 0 Å². The molecule has 0 bridgehead atoms. The van der Waals surface area contributed by atoms with Gasteiger partial charge in [-0.25, -0.2) is 4.39 Å². The SMILES string of the molecule is CC1(c2ccc(F)c(Br)c2)COCC(C=S)N1. The fourth-order valence-electron chi connectivity index (χ4n) is 1.96. The minimum Gasteiger partial charge on any atom is -0.377 e. The number of halogens is 2. The highest BCUT2D eigenvalue weighted by Gasteiger charge is 2.33. The lowest BCUT2D eigenvalue weighted by Crippen LogP contribution is -2.55. The molecule has 0 aromatic heterocycles. The van der Waals surface area contributed by atoms with Gasteiger partial charge in [-0.3, -0.25) is 5.32 Å². The molecular weight excluding hydrogens is 305 g/mol. The van der Waals surface area contributed by atoms with Crippen molar-refractivity contribution < 1.29 is 9.13 Å². The van der Waals surface area contributed by atoms with Crippen LogP contribution in [-0.4, -0.2) is 24.6 Å². The highest BCUT2D eigenvalue weighted by atomic mass is 79.9. The Labute approximate surface area is 114 Å². The summed E-state index contributed by atoms with van der Waals surface area (Å²) < 4.78 is 19.2. The number of hydrogen-bond acceptors (Lipinski definition) is 3. The highest BCUT2D eigenvalue weighted by Crippen LogP contribution is 2.28. The van der Waals surface area contributed by atoms with E-state index in [0.717, 1.165) is 5.56 Å². The average Bonchev–Trinajstić information content (AvgIpc) is 2.32. The number of ether oxygens (including phenoxy) is 1. The predicted molar refractivity (Wildman–Crippen MR) is 72.8 cm³/mol. The topological polar surface area (TPSA) is 21.3 Å². The van der Waals surface area contributed by atoms with Gasteiger partial charge in [0.15, 0.2) is 0 Å². The van der Waals surface area contributed by atoms with Gasteiger partial charge < -0.3 is 4.74 Å². The van der Waals surface area contributed by atoms with Crippen molar-refractivity contribution >= 4 is 33.5 Å². The largest absolute Gasteiger partial charge is 0.377 e. The van der Waals surface area contributed by atoms with Crippen molar-refractivity contribution in [3.05, 3.63) is 34.1 Å². The number of hydrogen-bond donors (Lipinski definition) is 1. The Balaban J connectivity index is 2.30. The number of nitrogens with one attached hydrogen (secondary N) is 1. The first kappa shape index (κ1) is 13.1. The molecule has 1 aromatic rings. The maximum atomic E-state index is 13.2. The molecule has 1 aliphatic rings. The smallest absolute Gasteiger partial charge is 0.137 e. The fourth-order valence-corrected chi connectivity index (χ4v) is 2.49. The van der Waals surface area contributed by atoms with E-state index in [1.165, 1.54) is 6.07 Å². The Morgan fingerprint density at radius 1 is 1.65 bits per heavy atom. The van der Waals surface area contributed by atoms with Gasteiger partial charge in [0.1, 0.15) is 5.82 Å². The second-order valence-corrected chi connectivity index (χ2v) is 5.49. The first-order valence-corrected chi connectivity index (χ1v) is 6.58. The molecule has 1 N–H and O–H groups in total. The van der Waals surface area contributed by atoms with Gasteiger partial charge >= 0.3 is 0 Å². The summed E-state index contributed by atoms with van der Waals surface area (Å²) in [5.74, 6) is -0.263. The molecule has 0 radical (unpaired) electrons. The average molecular weight is 318 g/mol. The molecule has 2 nitrogen and oxygen atoms in total. The van der Waals surface area contributed by atoms with Crippen LogP contribution >= 0.6 is 28.1 Å². The van der Waals surface area contributed by atoms with Crippen LogP contribution in [0.2, 0.25) is 0 Å². The van der Waals surface area contributed by atoms with Gasteiger partial charge in [-0.05, 0) is 45.9 Å². The summed E-state index contributed by atoms with van der Waals surface area (Å²) >= 11 is 8.13. The molecule has 1 aliphatic heterocycles. The lowest BCUT2D eigenvalue weighted by molar-refractivity contribution is 0.0217. The van der Waals surface area contributed by atoms with E-state index in [2.05, 4.69) is 21.2 Å².